The van der Waals surface area contributed by atoms with Gasteiger partial charge in [-0.1, -0.05) is 6.07 Å². The molecule has 2 heterocycles. The summed E-state index contributed by atoms with van der Waals surface area (Å²) in [7, 11) is -3.83. The molecule has 2 amide bonds. The van der Waals surface area contributed by atoms with Gasteiger partial charge in [-0.15, -0.1) is 12.4 Å². The number of hydrogen-bond acceptors (Lipinski definition) is 6. The Bertz CT molecular complexity index is 944. The van der Waals surface area contributed by atoms with Crippen LogP contribution in [-0.4, -0.2) is 44.2 Å². The van der Waals surface area contributed by atoms with Crippen LogP contribution in [-0.2, 0) is 21.4 Å². The first-order valence-corrected chi connectivity index (χ1v) is 9.30. The summed E-state index contributed by atoms with van der Waals surface area (Å²) in [4.78, 5) is 23.7. The Morgan fingerprint density at radius 2 is 2.11 bits per heavy atom. The highest BCUT2D eigenvalue weighted by Gasteiger charge is 2.29. The summed E-state index contributed by atoms with van der Waals surface area (Å²) in [6.07, 6.45) is 1.28. The van der Waals surface area contributed by atoms with Crippen molar-refractivity contribution >= 4 is 39.9 Å². The van der Waals surface area contributed by atoms with Gasteiger partial charge >= 0.3 is 0 Å². The van der Waals surface area contributed by atoms with Gasteiger partial charge in [-0.05, 0) is 24.3 Å². The van der Waals surface area contributed by atoms with Crippen LogP contribution in [0.1, 0.15) is 16.1 Å². The van der Waals surface area contributed by atoms with Crippen molar-refractivity contribution in [3.8, 4) is 0 Å². The molecule has 11 heteroatoms. The Balaban J connectivity index is 0.00000261. The van der Waals surface area contributed by atoms with Crippen molar-refractivity contribution in [2.24, 2.45) is 5.73 Å². The number of amides is 2. The Hall–Kier alpha value is -2.40. The molecular weight excluding hydrogens is 396 g/mol. The smallest absolute Gasteiger partial charge is 0.258 e. The largest absolute Gasteiger partial charge is 0.467 e. The molecule has 0 atom stereocenters. The number of halogens is 1. The van der Waals surface area contributed by atoms with E-state index in [0.717, 1.165) is 4.31 Å². The van der Waals surface area contributed by atoms with Crippen LogP contribution < -0.4 is 16.4 Å². The van der Waals surface area contributed by atoms with Gasteiger partial charge in [0.05, 0.1) is 23.5 Å². The van der Waals surface area contributed by atoms with E-state index in [9.17, 15) is 18.0 Å². The Morgan fingerprint density at radius 3 is 2.78 bits per heavy atom. The molecule has 146 valence electrons. The van der Waals surface area contributed by atoms with Crippen molar-refractivity contribution in [1.82, 2.24) is 9.62 Å². The predicted molar refractivity (Wildman–Crippen MR) is 100 cm³/mol. The lowest BCUT2D eigenvalue weighted by molar-refractivity contribution is -0.122. The van der Waals surface area contributed by atoms with E-state index < -0.39 is 15.9 Å². The maximum atomic E-state index is 12.7. The number of anilines is 1. The fourth-order valence-electron chi connectivity index (χ4n) is 2.51. The van der Waals surface area contributed by atoms with Crippen LogP contribution in [0.25, 0.3) is 0 Å². The number of carbonyl (C=O) groups excluding carboxylic acids is 2. The van der Waals surface area contributed by atoms with E-state index in [1.54, 1.807) is 6.07 Å². The highest BCUT2D eigenvalue weighted by molar-refractivity contribution is 7.89. The Kier molecular flexibility index (Phi) is 6.60. The van der Waals surface area contributed by atoms with Gasteiger partial charge < -0.3 is 20.8 Å². The number of rotatable bonds is 5. The second-order valence-electron chi connectivity index (χ2n) is 5.68. The van der Waals surface area contributed by atoms with Crippen LogP contribution in [0.4, 0.5) is 5.69 Å². The third kappa shape index (κ3) is 4.66. The Morgan fingerprint density at radius 1 is 1.33 bits per heavy atom. The first-order chi connectivity index (χ1) is 12.4. The molecule has 1 aliphatic heterocycles. The molecule has 27 heavy (non-hydrogen) atoms. The Labute approximate surface area is 162 Å². The first kappa shape index (κ1) is 20.9. The average Bonchev–Trinajstić information content (AvgIpc) is 3.11. The van der Waals surface area contributed by atoms with E-state index in [0.29, 0.717) is 11.4 Å². The molecule has 1 aliphatic rings. The number of nitrogens with two attached hydrogens (primary N) is 1. The molecule has 0 saturated carbocycles. The van der Waals surface area contributed by atoms with Crippen LogP contribution in [0.5, 0.6) is 0 Å². The topological polar surface area (TPSA) is 135 Å². The van der Waals surface area contributed by atoms with Crippen LogP contribution in [0.3, 0.4) is 0 Å². The fraction of sp³-hybridized carbons (Fsp3) is 0.250. The highest BCUT2D eigenvalue weighted by Crippen LogP contribution is 2.21. The summed E-state index contributed by atoms with van der Waals surface area (Å²) >= 11 is 0. The first-order valence-electron chi connectivity index (χ1n) is 7.86. The number of sulfonamides is 1. The van der Waals surface area contributed by atoms with Gasteiger partial charge in [-0.2, -0.15) is 4.31 Å². The average molecular weight is 415 g/mol. The molecule has 0 spiro atoms. The van der Waals surface area contributed by atoms with E-state index in [4.69, 9.17) is 10.2 Å². The van der Waals surface area contributed by atoms with Crippen molar-refractivity contribution in [2.45, 2.75) is 11.4 Å². The molecule has 9 nitrogen and oxygen atoms in total. The second-order valence-corrected chi connectivity index (χ2v) is 7.61. The van der Waals surface area contributed by atoms with Crippen molar-refractivity contribution in [2.75, 3.05) is 25.0 Å². The summed E-state index contributed by atoms with van der Waals surface area (Å²) < 4.78 is 31.6. The number of piperazine rings is 1. The lowest BCUT2D eigenvalue weighted by Gasteiger charge is -2.26. The van der Waals surface area contributed by atoms with E-state index in [1.807, 2.05) is 0 Å². The standard InChI is InChI=1S/C16H18N4O5S.ClH/c17-8-13-6-11(10-25-13)16(22)19-12-2-1-3-14(7-12)26(23,24)20-5-4-18-15(21)9-20;/h1-3,6-7,10H,4-5,8-9,17H2,(H,18,21)(H,19,22);1H. The molecule has 1 aromatic carbocycles. The number of hydrogen-bond donors (Lipinski definition) is 3. The summed E-state index contributed by atoms with van der Waals surface area (Å²) in [6.45, 7) is 0.403. The summed E-state index contributed by atoms with van der Waals surface area (Å²) in [5.41, 5.74) is 6.04. The van der Waals surface area contributed by atoms with Gasteiger partial charge in [0.2, 0.25) is 15.9 Å². The number of benzene rings is 1. The lowest BCUT2D eigenvalue weighted by Crippen LogP contribution is -2.49. The number of nitrogens with zero attached hydrogens (tertiary/aromatic N) is 1. The normalized spacial score (nSPS) is 14.9. The van der Waals surface area contributed by atoms with Gasteiger partial charge in [0.15, 0.2) is 0 Å². The van der Waals surface area contributed by atoms with E-state index in [2.05, 4.69) is 10.6 Å². The van der Waals surface area contributed by atoms with Gasteiger partial charge in [0.25, 0.3) is 5.91 Å². The van der Waals surface area contributed by atoms with Crippen molar-refractivity contribution < 1.29 is 22.4 Å². The van der Waals surface area contributed by atoms with Gasteiger partial charge in [-0.3, -0.25) is 9.59 Å². The molecule has 1 aromatic heterocycles. The minimum atomic E-state index is -3.83. The number of carbonyl (C=O) groups is 2. The van der Waals surface area contributed by atoms with Crippen LogP contribution in [0, 0.1) is 0 Å². The summed E-state index contributed by atoms with van der Waals surface area (Å²) in [5, 5.41) is 5.20. The molecule has 0 radical (unpaired) electrons. The van der Waals surface area contributed by atoms with Crippen molar-refractivity contribution in [1.29, 1.82) is 0 Å². The van der Waals surface area contributed by atoms with Gasteiger partial charge in [0, 0.05) is 18.8 Å². The molecule has 0 unspecified atom stereocenters. The van der Waals surface area contributed by atoms with Gasteiger partial charge in [0.1, 0.15) is 12.0 Å². The minimum Gasteiger partial charge on any atom is -0.467 e. The zero-order valence-electron chi connectivity index (χ0n) is 14.2. The molecule has 4 N–H and O–H groups in total. The SMILES string of the molecule is Cl.NCc1cc(C(=O)Nc2cccc(S(=O)(=O)N3CCNC(=O)C3)c2)co1. The third-order valence-corrected chi connectivity index (χ3v) is 5.69. The molecule has 0 aliphatic carbocycles. The zero-order valence-corrected chi connectivity index (χ0v) is 15.8. The minimum absolute atomic E-state index is 0. The second kappa shape index (κ2) is 8.53. The molecule has 2 aromatic rings. The quantitative estimate of drug-likeness (QED) is 0.653. The van der Waals surface area contributed by atoms with Crippen molar-refractivity contribution in [3.05, 3.63) is 47.9 Å². The highest BCUT2D eigenvalue weighted by atomic mass is 35.5. The predicted octanol–water partition coefficient (Wildman–Crippen LogP) is 0.533. The fourth-order valence-corrected chi connectivity index (χ4v) is 3.96. The molecule has 1 saturated heterocycles. The van der Waals surface area contributed by atoms with Gasteiger partial charge in [-0.25, -0.2) is 8.42 Å². The molecular formula is C16H19ClN4O5S. The monoisotopic (exact) mass is 414 g/mol. The van der Waals surface area contributed by atoms with E-state index in [1.165, 1.54) is 30.5 Å². The lowest BCUT2D eigenvalue weighted by atomic mass is 10.2. The number of furan rings is 1. The maximum absolute atomic E-state index is 12.7. The maximum Gasteiger partial charge on any atom is 0.258 e. The third-order valence-electron chi connectivity index (χ3n) is 3.85. The molecule has 0 bridgehead atoms. The zero-order chi connectivity index (χ0) is 18.7. The van der Waals surface area contributed by atoms with E-state index in [-0.39, 0.29) is 55.0 Å². The molecule has 1 fully saturated rings. The van der Waals surface area contributed by atoms with Crippen molar-refractivity contribution in [3.63, 3.8) is 0 Å². The van der Waals surface area contributed by atoms with E-state index >= 15 is 0 Å². The van der Waals surface area contributed by atoms with Crippen LogP contribution >= 0.6 is 12.4 Å². The number of nitrogens with one attached hydrogen (secondary N) is 2. The molecule has 3 rings (SSSR count). The summed E-state index contributed by atoms with van der Waals surface area (Å²) in [6, 6.07) is 7.38. The summed E-state index contributed by atoms with van der Waals surface area (Å²) in [5.74, 6) is -0.324. The van der Waals surface area contributed by atoms with Crippen LogP contribution in [0.15, 0.2) is 45.9 Å². The van der Waals surface area contributed by atoms with Crippen LogP contribution in [0.2, 0.25) is 0 Å².